The molecule has 7 nitrogen and oxygen atoms in total. The van der Waals surface area contributed by atoms with E-state index in [9.17, 15) is 14.4 Å². The number of rotatable bonds is 9. The lowest BCUT2D eigenvalue weighted by Gasteiger charge is -2.39. The van der Waals surface area contributed by atoms with Gasteiger partial charge >= 0.3 is 6.09 Å². The van der Waals surface area contributed by atoms with Gasteiger partial charge in [-0.2, -0.15) is 0 Å². The molecule has 0 aliphatic carbocycles. The van der Waals surface area contributed by atoms with Gasteiger partial charge in [-0.05, 0) is 76.3 Å². The summed E-state index contributed by atoms with van der Waals surface area (Å²) in [5.41, 5.74) is 2.12. The van der Waals surface area contributed by atoms with Gasteiger partial charge in [0.2, 0.25) is 5.91 Å². The average molecular weight is 520 g/mol. The van der Waals surface area contributed by atoms with E-state index < -0.39 is 23.8 Å². The molecule has 7 heteroatoms. The van der Waals surface area contributed by atoms with Gasteiger partial charge in [-0.25, -0.2) is 4.79 Å². The first-order valence-corrected chi connectivity index (χ1v) is 13.0. The third-order valence-electron chi connectivity index (χ3n) is 6.25. The smallest absolute Gasteiger partial charge is 0.408 e. The van der Waals surface area contributed by atoms with Crippen molar-refractivity contribution in [1.82, 2.24) is 10.2 Å². The van der Waals surface area contributed by atoms with Crippen molar-refractivity contribution >= 4 is 23.6 Å². The van der Waals surface area contributed by atoms with Crippen LogP contribution in [-0.2, 0) is 14.3 Å². The highest BCUT2D eigenvalue weighted by atomic mass is 16.6. The van der Waals surface area contributed by atoms with E-state index >= 15 is 0 Å². The van der Waals surface area contributed by atoms with Crippen molar-refractivity contribution in [1.29, 1.82) is 0 Å². The molecular formula is C31H41N3O4. The van der Waals surface area contributed by atoms with Crippen LogP contribution in [0.2, 0.25) is 0 Å². The number of ether oxygens (including phenoxy) is 1. The van der Waals surface area contributed by atoms with Crippen LogP contribution in [0.3, 0.4) is 0 Å². The molecule has 0 spiro atoms. The summed E-state index contributed by atoms with van der Waals surface area (Å²) in [6, 6.07) is 12.3. The highest BCUT2D eigenvalue weighted by Gasteiger charge is 2.39. The minimum atomic E-state index is -0.967. The Bertz CT molecular complexity index is 1160. The zero-order chi connectivity index (χ0) is 28.6. The molecule has 3 amide bonds. The second-order valence-electron chi connectivity index (χ2n) is 10.8. The fraction of sp³-hybridized carbons (Fsp3) is 0.452. The molecule has 0 saturated carbocycles. The fourth-order valence-electron chi connectivity index (χ4n) is 4.02. The number of carbonyl (C=O) groups excluding carboxylic acids is 3. The lowest BCUT2D eigenvalue weighted by molar-refractivity contribution is -0.144. The van der Waals surface area contributed by atoms with Gasteiger partial charge < -0.3 is 20.3 Å². The molecule has 0 saturated heterocycles. The summed E-state index contributed by atoms with van der Waals surface area (Å²) in [6.07, 6.45) is 5.46. The first-order chi connectivity index (χ1) is 17.8. The Morgan fingerprint density at radius 3 is 2.13 bits per heavy atom. The number of terminal acetylenes is 1. The van der Waals surface area contributed by atoms with Crippen LogP contribution in [0.4, 0.5) is 10.5 Å². The number of hydrogen-bond acceptors (Lipinski definition) is 4. The van der Waals surface area contributed by atoms with E-state index in [1.807, 2.05) is 58.9 Å². The summed E-state index contributed by atoms with van der Waals surface area (Å²) in [7, 11) is 0. The Balaban J connectivity index is 2.58. The summed E-state index contributed by atoms with van der Waals surface area (Å²) < 4.78 is 5.43. The number of amides is 3. The molecule has 2 aromatic rings. The highest BCUT2D eigenvalue weighted by molar-refractivity contribution is 5.99. The largest absolute Gasteiger partial charge is 0.444 e. The number of hydrogen-bond donors (Lipinski definition) is 2. The third kappa shape index (κ3) is 8.11. The second kappa shape index (κ2) is 13.1. The highest BCUT2D eigenvalue weighted by Crippen LogP contribution is 2.29. The fourth-order valence-corrected chi connectivity index (χ4v) is 4.02. The predicted molar refractivity (Wildman–Crippen MR) is 152 cm³/mol. The van der Waals surface area contributed by atoms with Crippen molar-refractivity contribution in [2.75, 3.05) is 5.32 Å². The van der Waals surface area contributed by atoms with Crippen LogP contribution in [0.15, 0.2) is 48.5 Å². The van der Waals surface area contributed by atoms with Gasteiger partial charge in [-0.1, -0.05) is 57.0 Å². The SMILES string of the molecule is C#Cc1ccc(C(C(=O)Nc2ccccc2C)N(C(=O)C(NC(=O)OC(C)(C)C)C(C)C)C(C)CC)cc1. The molecule has 0 aromatic heterocycles. The molecule has 3 atom stereocenters. The van der Waals surface area contributed by atoms with Crippen LogP contribution in [0.5, 0.6) is 0 Å². The molecule has 2 rings (SSSR count). The van der Waals surface area contributed by atoms with Crippen LogP contribution < -0.4 is 10.6 Å². The molecule has 0 radical (unpaired) electrons. The van der Waals surface area contributed by atoms with Crippen molar-refractivity contribution in [3.8, 4) is 12.3 Å². The summed E-state index contributed by atoms with van der Waals surface area (Å²) in [4.78, 5) is 42.4. The van der Waals surface area contributed by atoms with Gasteiger partial charge in [0.25, 0.3) is 5.91 Å². The topological polar surface area (TPSA) is 87.7 Å². The first-order valence-electron chi connectivity index (χ1n) is 13.0. The Hall–Kier alpha value is -3.79. The molecule has 0 fully saturated rings. The van der Waals surface area contributed by atoms with Crippen LogP contribution >= 0.6 is 0 Å². The molecule has 0 heterocycles. The Morgan fingerprint density at radius 1 is 1.03 bits per heavy atom. The van der Waals surface area contributed by atoms with Gasteiger partial charge in [0.1, 0.15) is 17.7 Å². The molecule has 0 bridgehead atoms. The van der Waals surface area contributed by atoms with E-state index in [-0.39, 0.29) is 23.8 Å². The van der Waals surface area contributed by atoms with Crippen molar-refractivity contribution in [2.24, 2.45) is 5.92 Å². The van der Waals surface area contributed by atoms with Crippen molar-refractivity contribution in [2.45, 2.75) is 85.5 Å². The van der Waals surface area contributed by atoms with E-state index in [4.69, 9.17) is 11.2 Å². The van der Waals surface area contributed by atoms with Gasteiger partial charge in [0, 0.05) is 17.3 Å². The number of carbonyl (C=O) groups is 3. The quantitative estimate of drug-likeness (QED) is 0.408. The van der Waals surface area contributed by atoms with E-state index in [1.165, 1.54) is 0 Å². The van der Waals surface area contributed by atoms with Crippen LogP contribution in [-0.4, -0.2) is 40.5 Å². The van der Waals surface area contributed by atoms with Gasteiger partial charge in [0.05, 0.1) is 0 Å². The molecular weight excluding hydrogens is 478 g/mol. The standard InChI is InChI=1S/C31H41N3O4/c1-10-22(6)34(29(36)26(20(3)4)33-30(37)38-31(7,8)9)27(24-18-16-23(11-2)17-19-24)28(35)32-25-15-13-12-14-21(25)5/h2,12-20,22,26-27H,10H2,1,3-9H3,(H,32,35)(H,33,37). The number of alkyl carbamates (subject to hydrolysis) is 1. The van der Waals surface area contributed by atoms with E-state index in [1.54, 1.807) is 49.9 Å². The van der Waals surface area contributed by atoms with Crippen LogP contribution in [0.25, 0.3) is 0 Å². The number of aryl methyl sites for hydroxylation is 1. The minimum Gasteiger partial charge on any atom is -0.444 e. The summed E-state index contributed by atoms with van der Waals surface area (Å²) >= 11 is 0. The first kappa shape index (κ1) is 30.4. The van der Waals surface area contributed by atoms with Crippen molar-refractivity contribution in [3.63, 3.8) is 0 Å². The molecule has 2 N–H and O–H groups in total. The lowest BCUT2D eigenvalue weighted by Crippen LogP contribution is -2.56. The van der Waals surface area contributed by atoms with Crippen LogP contribution in [0, 0.1) is 25.2 Å². The monoisotopic (exact) mass is 519 g/mol. The maximum atomic E-state index is 14.2. The average Bonchev–Trinajstić information content (AvgIpc) is 2.85. The molecule has 2 aromatic carbocycles. The van der Waals surface area contributed by atoms with Gasteiger partial charge in [0.15, 0.2) is 0 Å². The Labute approximate surface area is 227 Å². The molecule has 0 aliphatic heterocycles. The molecule has 38 heavy (non-hydrogen) atoms. The van der Waals surface area contributed by atoms with E-state index in [0.29, 0.717) is 23.2 Å². The van der Waals surface area contributed by atoms with Gasteiger partial charge in [-0.15, -0.1) is 6.42 Å². The molecule has 3 unspecified atom stereocenters. The normalized spacial score (nSPS) is 13.6. The molecule has 0 aliphatic rings. The third-order valence-corrected chi connectivity index (χ3v) is 6.25. The van der Waals surface area contributed by atoms with Crippen molar-refractivity contribution in [3.05, 3.63) is 65.2 Å². The predicted octanol–water partition coefficient (Wildman–Crippen LogP) is 5.83. The zero-order valence-electron chi connectivity index (χ0n) is 23.8. The number of para-hydroxylation sites is 1. The van der Waals surface area contributed by atoms with Crippen LogP contribution in [0.1, 0.15) is 77.6 Å². The number of nitrogens with one attached hydrogen (secondary N) is 2. The summed E-state index contributed by atoms with van der Waals surface area (Å²) in [6.45, 7) is 14.7. The summed E-state index contributed by atoms with van der Waals surface area (Å²) in [5, 5.41) is 5.75. The van der Waals surface area contributed by atoms with Crippen molar-refractivity contribution < 1.29 is 19.1 Å². The maximum absolute atomic E-state index is 14.2. The minimum absolute atomic E-state index is 0.259. The Kier molecular flexibility index (Phi) is 10.5. The molecule has 204 valence electrons. The maximum Gasteiger partial charge on any atom is 0.408 e. The zero-order valence-corrected chi connectivity index (χ0v) is 23.8. The van der Waals surface area contributed by atoms with E-state index in [2.05, 4.69) is 16.6 Å². The number of anilines is 1. The van der Waals surface area contributed by atoms with E-state index in [0.717, 1.165) is 5.56 Å². The Morgan fingerprint density at radius 2 is 1.63 bits per heavy atom. The number of benzene rings is 2. The number of nitrogens with zero attached hydrogens (tertiary/aromatic N) is 1. The van der Waals surface area contributed by atoms with Gasteiger partial charge in [-0.3, -0.25) is 9.59 Å². The lowest BCUT2D eigenvalue weighted by atomic mass is 9.96. The summed E-state index contributed by atoms with van der Waals surface area (Å²) in [5.74, 6) is 1.60. The second-order valence-corrected chi connectivity index (χ2v) is 10.8.